The molecule has 0 saturated heterocycles. The maximum Gasteiger partial charge on any atom is 0.221 e. The number of nitrogens with one attached hydrogen (secondary N) is 1. The van der Waals surface area contributed by atoms with Crippen molar-refractivity contribution in [3.8, 4) is 11.1 Å². The van der Waals surface area contributed by atoms with Crippen molar-refractivity contribution in [3.05, 3.63) is 47.5 Å². The van der Waals surface area contributed by atoms with Gasteiger partial charge in [0, 0.05) is 28.9 Å². The zero-order chi connectivity index (χ0) is 13.1. The maximum atomic E-state index is 11.0. The Kier molecular flexibility index (Phi) is 3.53. The highest BCUT2D eigenvalue weighted by Crippen LogP contribution is 2.29. The number of hydrogen-bond donors (Lipinski definition) is 2. The van der Waals surface area contributed by atoms with Crippen molar-refractivity contribution in [1.29, 1.82) is 0 Å². The Labute approximate surface area is 111 Å². The molecule has 0 spiro atoms. The van der Waals surface area contributed by atoms with Gasteiger partial charge < -0.3 is 11.1 Å². The van der Waals surface area contributed by atoms with Crippen LogP contribution in [0.5, 0.6) is 0 Å². The molecule has 92 valence electrons. The smallest absolute Gasteiger partial charge is 0.221 e. The monoisotopic (exact) mass is 260 g/mol. The van der Waals surface area contributed by atoms with E-state index in [-0.39, 0.29) is 5.91 Å². The largest absolute Gasteiger partial charge is 0.398 e. The standard InChI is InChI=1S/C14H13ClN2O/c1-9(18)17-12-6-7-14(16)13(8-12)10-2-4-11(15)5-3-10/h2-8H,16H2,1H3,(H,17,18). The molecule has 0 atom stereocenters. The first-order chi connectivity index (χ1) is 8.56. The van der Waals surface area contributed by atoms with Gasteiger partial charge in [0.05, 0.1) is 0 Å². The van der Waals surface area contributed by atoms with Crippen molar-refractivity contribution < 1.29 is 4.79 Å². The van der Waals surface area contributed by atoms with Crippen molar-refractivity contribution in [2.24, 2.45) is 0 Å². The number of hydrogen-bond acceptors (Lipinski definition) is 2. The molecule has 2 aromatic carbocycles. The number of anilines is 2. The van der Waals surface area contributed by atoms with Gasteiger partial charge in [-0.05, 0) is 35.9 Å². The Bertz CT molecular complexity index is 579. The lowest BCUT2D eigenvalue weighted by Gasteiger charge is -2.09. The zero-order valence-electron chi connectivity index (χ0n) is 9.91. The molecule has 0 aliphatic heterocycles. The first kappa shape index (κ1) is 12.5. The van der Waals surface area contributed by atoms with Crippen LogP contribution in [0, 0.1) is 0 Å². The van der Waals surface area contributed by atoms with Crippen molar-refractivity contribution in [2.45, 2.75) is 6.92 Å². The molecule has 0 aromatic heterocycles. The predicted molar refractivity (Wildman–Crippen MR) is 75.6 cm³/mol. The molecule has 4 heteroatoms. The van der Waals surface area contributed by atoms with Crippen LogP contribution in [0.3, 0.4) is 0 Å². The minimum atomic E-state index is -0.109. The fourth-order valence-electron chi connectivity index (χ4n) is 1.72. The minimum Gasteiger partial charge on any atom is -0.398 e. The highest BCUT2D eigenvalue weighted by molar-refractivity contribution is 6.30. The zero-order valence-corrected chi connectivity index (χ0v) is 10.7. The van der Waals surface area contributed by atoms with Gasteiger partial charge in [-0.1, -0.05) is 23.7 Å². The Hall–Kier alpha value is -2.00. The van der Waals surface area contributed by atoms with Crippen LogP contribution < -0.4 is 11.1 Å². The number of nitrogens with two attached hydrogens (primary N) is 1. The molecule has 0 aliphatic carbocycles. The number of nitrogen functional groups attached to an aromatic ring is 1. The van der Waals surface area contributed by atoms with E-state index < -0.39 is 0 Å². The van der Waals surface area contributed by atoms with Gasteiger partial charge in [-0.25, -0.2) is 0 Å². The third kappa shape index (κ3) is 2.81. The van der Waals surface area contributed by atoms with Gasteiger partial charge in [0.1, 0.15) is 0 Å². The number of rotatable bonds is 2. The van der Waals surface area contributed by atoms with Crippen LogP contribution in [0.2, 0.25) is 5.02 Å². The molecule has 0 saturated carbocycles. The third-order valence-corrected chi connectivity index (χ3v) is 2.78. The molecule has 1 amide bonds. The number of carbonyl (C=O) groups is 1. The molecule has 0 heterocycles. The first-order valence-electron chi connectivity index (χ1n) is 5.49. The van der Waals surface area contributed by atoms with Crippen LogP contribution in [-0.4, -0.2) is 5.91 Å². The lowest BCUT2D eigenvalue weighted by molar-refractivity contribution is -0.114. The van der Waals surface area contributed by atoms with Crippen LogP contribution in [0.1, 0.15) is 6.92 Å². The van der Waals surface area contributed by atoms with Gasteiger partial charge in [0.2, 0.25) is 5.91 Å². The summed E-state index contributed by atoms with van der Waals surface area (Å²) in [5.41, 5.74) is 9.16. The summed E-state index contributed by atoms with van der Waals surface area (Å²) in [7, 11) is 0. The SMILES string of the molecule is CC(=O)Nc1ccc(N)c(-c2ccc(Cl)cc2)c1. The average molecular weight is 261 g/mol. The normalized spacial score (nSPS) is 10.1. The van der Waals surface area contributed by atoms with Gasteiger partial charge in [-0.2, -0.15) is 0 Å². The van der Waals surface area contributed by atoms with E-state index in [1.54, 1.807) is 24.3 Å². The van der Waals surface area contributed by atoms with E-state index in [0.29, 0.717) is 10.7 Å². The van der Waals surface area contributed by atoms with Crippen molar-refractivity contribution >= 4 is 28.9 Å². The summed E-state index contributed by atoms with van der Waals surface area (Å²) < 4.78 is 0. The molecule has 0 radical (unpaired) electrons. The molecule has 3 N–H and O–H groups in total. The van der Waals surface area contributed by atoms with E-state index in [1.165, 1.54) is 6.92 Å². The molecule has 0 unspecified atom stereocenters. The van der Waals surface area contributed by atoms with Crippen molar-refractivity contribution in [3.63, 3.8) is 0 Å². The minimum absolute atomic E-state index is 0.109. The van der Waals surface area contributed by atoms with Crippen LogP contribution >= 0.6 is 11.6 Å². The summed E-state index contributed by atoms with van der Waals surface area (Å²) >= 11 is 5.85. The predicted octanol–water partition coefficient (Wildman–Crippen LogP) is 3.55. The van der Waals surface area contributed by atoms with Crippen molar-refractivity contribution in [1.82, 2.24) is 0 Å². The van der Waals surface area contributed by atoms with E-state index in [2.05, 4.69) is 5.32 Å². The van der Waals surface area contributed by atoms with Crippen LogP contribution in [0.25, 0.3) is 11.1 Å². The summed E-state index contributed by atoms with van der Waals surface area (Å²) in [6.07, 6.45) is 0. The van der Waals surface area contributed by atoms with Crippen LogP contribution in [0.15, 0.2) is 42.5 Å². The summed E-state index contributed by atoms with van der Waals surface area (Å²) in [4.78, 5) is 11.0. The van der Waals surface area contributed by atoms with Gasteiger partial charge in [0.15, 0.2) is 0 Å². The molecule has 0 aliphatic rings. The summed E-state index contributed by atoms with van der Waals surface area (Å²) in [5, 5.41) is 3.41. The second-order valence-corrected chi connectivity index (χ2v) is 4.43. The van der Waals surface area contributed by atoms with E-state index in [9.17, 15) is 4.79 Å². The van der Waals surface area contributed by atoms with Crippen LogP contribution in [0.4, 0.5) is 11.4 Å². The van der Waals surface area contributed by atoms with E-state index >= 15 is 0 Å². The third-order valence-electron chi connectivity index (χ3n) is 2.53. The van der Waals surface area contributed by atoms with Gasteiger partial charge in [0.25, 0.3) is 0 Å². The Morgan fingerprint density at radius 2 is 1.83 bits per heavy atom. The Morgan fingerprint density at radius 3 is 2.44 bits per heavy atom. The fraction of sp³-hybridized carbons (Fsp3) is 0.0714. The number of amides is 1. The molecule has 18 heavy (non-hydrogen) atoms. The lowest BCUT2D eigenvalue weighted by Crippen LogP contribution is -2.06. The Balaban J connectivity index is 2.42. The second-order valence-electron chi connectivity index (χ2n) is 3.99. The van der Waals surface area contributed by atoms with Crippen molar-refractivity contribution in [2.75, 3.05) is 11.1 Å². The summed E-state index contributed by atoms with van der Waals surface area (Å²) in [6, 6.07) is 12.8. The molecule has 2 rings (SSSR count). The first-order valence-corrected chi connectivity index (χ1v) is 5.87. The second kappa shape index (κ2) is 5.10. The molecule has 2 aromatic rings. The number of carbonyl (C=O) groups excluding carboxylic acids is 1. The van der Waals surface area contributed by atoms with Crippen LogP contribution in [-0.2, 0) is 4.79 Å². The quantitative estimate of drug-likeness (QED) is 0.812. The molecular weight excluding hydrogens is 248 g/mol. The topological polar surface area (TPSA) is 55.1 Å². The summed E-state index contributed by atoms with van der Waals surface area (Å²) in [5.74, 6) is -0.109. The molecular formula is C14H13ClN2O. The molecule has 0 fully saturated rings. The summed E-state index contributed by atoms with van der Waals surface area (Å²) in [6.45, 7) is 1.47. The van der Waals surface area contributed by atoms with E-state index in [1.807, 2.05) is 18.2 Å². The van der Waals surface area contributed by atoms with E-state index in [0.717, 1.165) is 16.8 Å². The van der Waals surface area contributed by atoms with Gasteiger partial charge >= 0.3 is 0 Å². The molecule has 0 bridgehead atoms. The molecule has 3 nitrogen and oxygen atoms in total. The Morgan fingerprint density at radius 1 is 1.17 bits per heavy atom. The van der Waals surface area contributed by atoms with Gasteiger partial charge in [-0.3, -0.25) is 4.79 Å². The number of halogens is 1. The van der Waals surface area contributed by atoms with E-state index in [4.69, 9.17) is 17.3 Å². The average Bonchev–Trinajstić information content (AvgIpc) is 2.32. The lowest BCUT2D eigenvalue weighted by atomic mass is 10.0. The fourth-order valence-corrected chi connectivity index (χ4v) is 1.84. The van der Waals surface area contributed by atoms with Gasteiger partial charge in [-0.15, -0.1) is 0 Å². The maximum absolute atomic E-state index is 11.0. The highest BCUT2D eigenvalue weighted by atomic mass is 35.5. The highest BCUT2D eigenvalue weighted by Gasteiger charge is 2.05. The number of benzene rings is 2.